The van der Waals surface area contributed by atoms with E-state index in [1.54, 1.807) is 24.3 Å². The summed E-state index contributed by atoms with van der Waals surface area (Å²) in [4.78, 5) is 23.6. The van der Waals surface area contributed by atoms with Crippen LogP contribution in [0.5, 0.6) is 0 Å². The van der Waals surface area contributed by atoms with E-state index in [1.807, 2.05) is 0 Å². The summed E-state index contributed by atoms with van der Waals surface area (Å²) in [5.41, 5.74) is 0.384. The van der Waals surface area contributed by atoms with E-state index in [2.05, 4.69) is 5.32 Å². The van der Waals surface area contributed by atoms with Gasteiger partial charge in [-0.2, -0.15) is 0 Å². The lowest BCUT2D eigenvalue weighted by molar-refractivity contribution is -0.148. The molecule has 7 heteroatoms. The molecule has 0 saturated carbocycles. The molecule has 0 aliphatic rings. The van der Waals surface area contributed by atoms with Crippen molar-refractivity contribution >= 4 is 46.8 Å². The number of esters is 1. The molecule has 0 bridgehead atoms. The number of anilines is 1. The molecule has 1 N–H and O–H groups in total. The minimum atomic E-state index is -0.990. The Kier molecular flexibility index (Phi) is 5.84. The van der Waals surface area contributed by atoms with Crippen LogP contribution in [0.15, 0.2) is 47.1 Å². The first-order valence-corrected chi connectivity index (χ1v) is 7.39. The van der Waals surface area contributed by atoms with Crippen LogP contribution in [0.1, 0.15) is 12.7 Å². The van der Waals surface area contributed by atoms with E-state index in [-0.39, 0.29) is 0 Å². The van der Waals surface area contributed by atoms with Gasteiger partial charge in [0.1, 0.15) is 5.76 Å². The smallest absolute Gasteiger partial charge is 0.331 e. The summed E-state index contributed by atoms with van der Waals surface area (Å²) in [6.45, 7) is 1.46. The van der Waals surface area contributed by atoms with Crippen molar-refractivity contribution in [3.63, 3.8) is 0 Å². The molecule has 0 fully saturated rings. The van der Waals surface area contributed by atoms with Gasteiger partial charge >= 0.3 is 5.97 Å². The second-order valence-corrected chi connectivity index (χ2v) is 5.38. The maximum atomic E-state index is 12.0. The Bertz CT molecular complexity index is 726. The van der Waals surface area contributed by atoms with E-state index in [0.29, 0.717) is 21.5 Å². The van der Waals surface area contributed by atoms with Gasteiger partial charge < -0.3 is 14.5 Å². The van der Waals surface area contributed by atoms with Crippen LogP contribution < -0.4 is 5.32 Å². The third-order valence-electron chi connectivity index (χ3n) is 2.78. The van der Waals surface area contributed by atoms with Gasteiger partial charge in [0, 0.05) is 11.1 Å². The van der Waals surface area contributed by atoms with Crippen molar-refractivity contribution in [1.29, 1.82) is 0 Å². The van der Waals surface area contributed by atoms with Gasteiger partial charge in [0.25, 0.3) is 5.91 Å². The molecule has 1 amide bonds. The van der Waals surface area contributed by atoms with Crippen LogP contribution >= 0.6 is 23.2 Å². The number of amides is 1. The molecule has 5 nitrogen and oxygen atoms in total. The Morgan fingerprint density at radius 3 is 2.74 bits per heavy atom. The van der Waals surface area contributed by atoms with E-state index in [4.69, 9.17) is 32.4 Å². The lowest BCUT2D eigenvalue weighted by atomic mass is 10.3. The van der Waals surface area contributed by atoms with Crippen molar-refractivity contribution in [1.82, 2.24) is 0 Å². The zero-order valence-electron chi connectivity index (χ0n) is 12.1. The number of carbonyl (C=O) groups excluding carboxylic acids is 2. The zero-order valence-corrected chi connectivity index (χ0v) is 13.6. The Morgan fingerprint density at radius 2 is 2.09 bits per heavy atom. The highest BCUT2D eigenvalue weighted by atomic mass is 35.5. The number of benzene rings is 1. The van der Waals surface area contributed by atoms with Crippen LogP contribution in [0.25, 0.3) is 6.08 Å². The highest BCUT2D eigenvalue weighted by Crippen LogP contribution is 2.25. The lowest BCUT2D eigenvalue weighted by Crippen LogP contribution is -2.29. The number of halogens is 2. The minimum Gasteiger partial charge on any atom is -0.465 e. The largest absolute Gasteiger partial charge is 0.465 e. The second-order valence-electron chi connectivity index (χ2n) is 4.54. The van der Waals surface area contributed by atoms with Gasteiger partial charge in [0.2, 0.25) is 0 Å². The summed E-state index contributed by atoms with van der Waals surface area (Å²) in [5, 5.41) is 3.31. The molecular formula is C16H13Cl2NO4. The standard InChI is InChI=1S/C16H13Cl2NO4/c1-10(23-15(20)7-5-12-3-2-8-22-12)16(21)19-14-6-4-11(17)9-13(14)18/h2-10H,1H3,(H,19,21)/b7-5+/t10-/m0/s1. The molecule has 0 aliphatic carbocycles. The third kappa shape index (κ3) is 5.16. The fraction of sp³-hybridized carbons (Fsp3) is 0.125. The average Bonchev–Trinajstić information content (AvgIpc) is 3.01. The van der Waals surface area contributed by atoms with Crippen molar-refractivity contribution in [2.45, 2.75) is 13.0 Å². The van der Waals surface area contributed by atoms with Gasteiger partial charge in [-0.05, 0) is 43.3 Å². The van der Waals surface area contributed by atoms with Gasteiger partial charge in [0.05, 0.1) is 17.0 Å². The fourth-order valence-corrected chi connectivity index (χ4v) is 2.08. The summed E-state index contributed by atoms with van der Waals surface area (Å²) < 4.78 is 10.0. The SMILES string of the molecule is C[C@H](OC(=O)/C=C/c1ccco1)C(=O)Nc1ccc(Cl)cc1Cl. The maximum Gasteiger partial charge on any atom is 0.331 e. The molecule has 0 aliphatic heterocycles. The Balaban J connectivity index is 1.90. The van der Waals surface area contributed by atoms with E-state index in [9.17, 15) is 9.59 Å². The number of hydrogen-bond donors (Lipinski definition) is 1. The van der Waals surface area contributed by atoms with Crippen LogP contribution in [-0.2, 0) is 14.3 Å². The van der Waals surface area contributed by atoms with E-state index >= 15 is 0 Å². The first-order chi connectivity index (χ1) is 11.0. The molecule has 1 atom stereocenters. The molecule has 1 heterocycles. The normalized spacial score (nSPS) is 12.1. The van der Waals surface area contributed by atoms with Gasteiger partial charge in [-0.15, -0.1) is 0 Å². The van der Waals surface area contributed by atoms with Crippen LogP contribution in [0.2, 0.25) is 10.0 Å². The first kappa shape index (κ1) is 17.1. The molecule has 1 aromatic heterocycles. The highest BCUT2D eigenvalue weighted by molar-refractivity contribution is 6.36. The molecule has 0 unspecified atom stereocenters. The number of furan rings is 1. The molecule has 0 radical (unpaired) electrons. The number of rotatable bonds is 5. The van der Waals surface area contributed by atoms with Crippen LogP contribution in [-0.4, -0.2) is 18.0 Å². The van der Waals surface area contributed by atoms with Gasteiger partial charge in [-0.25, -0.2) is 4.79 Å². The van der Waals surface area contributed by atoms with E-state index < -0.39 is 18.0 Å². The highest BCUT2D eigenvalue weighted by Gasteiger charge is 2.17. The van der Waals surface area contributed by atoms with Crippen LogP contribution in [0, 0.1) is 0 Å². The van der Waals surface area contributed by atoms with Crippen LogP contribution in [0.4, 0.5) is 5.69 Å². The van der Waals surface area contributed by atoms with Crippen molar-refractivity contribution in [3.8, 4) is 0 Å². The monoisotopic (exact) mass is 353 g/mol. The predicted molar refractivity (Wildman–Crippen MR) is 88.4 cm³/mol. The van der Waals surface area contributed by atoms with Gasteiger partial charge in [0.15, 0.2) is 6.10 Å². The topological polar surface area (TPSA) is 68.5 Å². The summed E-state index contributed by atoms with van der Waals surface area (Å²) in [5.74, 6) is -0.660. The summed E-state index contributed by atoms with van der Waals surface area (Å²) >= 11 is 11.7. The zero-order chi connectivity index (χ0) is 16.8. The third-order valence-corrected chi connectivity index (χ3v) is 3.33. The summed E-state index contributed by atoms with van der Waals surface area (Å²) in [6.07, 6.45) is 3.12. The molecule has 0 spiro atoms. The molecule has 23 heavy (non-hydrogen) atoms. The maximum absolute atomic E-state index is 12.0. The Hall–Kier alpha value is -2.24. The number of ether oxygens (including phenoxy) is 1. The predicted octanol–water partition coefficient (Wildman–Crippen LogP) is 4.17. The van der Waals surface area contributed by atoms with E-state index in [0.717, 1.165) is 0 Å². The quantitative estimate of drug-likeness (QED) is 0.646. The minimum absolute atomic E-state index is 0.294. The van der Waals surface area contributed by atoms with E-state index in [1.165, 1.54) is 31.4 Å². The average molecular weight is 354 g/mol. The number of carbonyl (C=O) groups is 2. The molecule has 1 aromatic carbocycles. The van der Waals surface area contributed by atoms with Crippen molar-refractivity contribution in [3.05, 3.63) is 58.5 Å². The lowest BCUT2D eigenvalue weighted by Gasteiger charge is -2.13. The van der Waals surface area contributed by atoms with Crippen LogP contribution in [0.3, 0.4) is 0 Å². The number of nitrogens with one attached hydrogen (secondary N) is 1. The van der Waals surface area contributed by atoms with Crippen molar-refractivity contribution < 1.29 is 18.7 Å². The fourth-order valence-electron chi connectivity index (χ4n) is 1.63. The second kappa shape index (κ2) is 7.85. The molecule has 2 aromatic rings. The van der Waals surface area contributed by atoms with Gasteiger partial charge in [-0.1, -0.05) is 23.2 Å². The first-order valence-electron chi connectivity index (χ1n) is 6.64. The molecule has 0 saturated heterocycles. The molecular weight excluding hydrogens is 341 g/mol. The van der Waals surface area contributed by atoms with Crippen molar-refractivity contribution in [2.75, 3.05) is 5.32 Å². The summed E-state index contributed by atoms with van der Waals surface area (Å²) in [7, 11) is 0. The number of hydrogen-bond acceptors (Lipinski definition) is 4. The molecule has 2 rings (SSSR count). The Morgan fingerprint density at radius 1 is 1.30 bits per heavy atom. The van der Waals surface area contributed by atoms with Crippen molar-refractivity contribution in [2.24, 2.45) is 0 Å². The Labute approximate surface area is 142 Å². The molecule has 120 valence electrons. The van der Waals surface area contributed by atoms with Gasteiger partial charge in [-0.3, -0.25) is 4.79 Å². The summed E-state index contributed by atoms with van der Waals surface area (Å²) in [6, 6.07) is 8.03.